The average molecular weight is 723 g/mol. The fourth-order valence-corrected chi connectivity index (χ4v) is 5.85. The Balaban J connectivity index is 4.57. The summed E-state index contributed by atoms with van der Waals surface area (Å²) in [6.07, 6.45) is 40.9. The van der Waals surface area contributed by atoms with Crippen molar-refractivity contribution in [2.45, 2.75) is 154 Å². The van der Waals surface area contributed by atoms with Crippen LogP contribution in [-0.2, 0) is 18.4 Å². The van der Waals surface area contributed by atoms with E-state index in [1.165, 1.54) is 51.4 Å². The van der Waals surface area contributed by atoms with Gasteiger partial charge in [0.05, 0.1) is 39.9 Å². The minimum Gasteiger partial charge on any atom is -0.756 e. The van der Waals surface area contributed by atoms with E-state index in [1.54, 1.807) is 0 Å². The lowest BCUT2D eigenvalue weighted by atomic mass is 10.0. The summed E-state index contributed by atoms with van der Waals surface area (Å²) in [6.45, 7) is 4.52. The lowest BCUT2D eigenvalue weighted by Crippen LogP contribution is -2.46. The highest BCUT2D eigenvalue weighted by Crippen LogP contribution is 2.38. The van der Waals surface area contributed by atoms with Gasteiger partial charge in [0, 0.05) is 6.42 Å². The molecule has 3 atom stereocenters. The number of aliphatic hydroxyl groups is 1. The van der Waals surface area contributed by atoms with Crippen LogP contribution in [0, 0.1) is 0 Å². The van der Waals surface area contributed by atoms with E-state index in [0.717, 1.165) is 57.8 Å². The average Bonchev–Trinajstić information content (AvgIpc) is 3.06. The minimum atomic E-state index is -4.57. The molecule has 0 saturated carbocycles. The van der Waals surface area contributed by atoms with E-state index in [1.807, 2.05) is 21.1 Å². The number of likely N-dealkylation sites (N-methyl/N-ethyl adjacent to an activating group) is 1. The van der Waals surface area contributed by atoms with E-state index in [2.05, 4.69) is 79.9 Å². The van der Waals surface area contributed by atoms with Crippen molar-refractivity contribution < 1.29 is 32.9 Å². The fourth-order valence-electron chi connectivity index (χ4n) is 5.13. The van der Waals surface area contributed by atoms with Gasteiger partial charge >= 0.3 is 0 Å². The highest BCUT2D eigenvalue weighted by molar-refractivity contribution is 7.45. The van der Waals surface area contributed by atoms with Crippen LogP contribution >= 0.6 is 7.82 Å². The molecular weight excluding hydrogens is 647 g/mol. The third kappa shape index (κ3) is 34.6. The van der Waals surface area contributed by atoms with Crippen LogP contribution in [0.4, 0.5) is 0 Å². The number of phosphoric acid groups is 1. The standard InChI is InChI=1S/C41H75N2O6P/c1-6-8-10-12-14-16-18-19-20-21-22-23-25-27-29-31-33-35-41(45)42-39(38-49-50(46,47)48-37-36-43(3,4)5)40(44)34-32-30-28-26-24-17-15-13-11-9-7-2/h8,10,14,16,19-20,22-23,27,29,39-40,44H,6-7,9,11-13,15,17-18,21,24-26,28,30-38H2,1-5H3,(H-,42,45,46,47)/b10-8-,16-14-,20-19-,23-22-,29-27-. The summed E-state index contributed by atoms with van der Waals surface area (Å²) in [5, 5.41) is 13.8. The first-order valence-corrected chi connectivity index (χ1v) is 21.1. The molecular formula is C41H75N2O6P. The molecule has 9 heteroatoms. The number of amides is 1. The van der Waals surface area contributed by atoms with Crippen molar-refractivity contribution >= 4 is 13.7 Å². The van der Waals surface area contributed by atoms with Crippen LogP contribution in [0.1, 0.15) is 142 Å². The van der Waals surface area contributed by atoms with Crippen LogP contribution in [-0.4, -0.2) is 68.5 Å². The van der Waals surface area contributed by atoms with Crippen LogP contribution in [0.3, 0.4) is 0 Å². The van der Waals surface area contributed by atoms with Crippen molar-refractivity contribution in [2.24, 2.45) is 0 Å². The summed E-state index contributed by atoms with van der Waals surface area (Å²) in [4.78, 5) is 25.2. The van der Waals surface area contributed by atoms with E-state index in [4.69, 9.17) is 9.05 Å². The van der Waals surface area contributed by atoms with Crippen molar-refractivity contribution in [3.05, 3.63) is 60.8 Å². The number of nitrogens with one attached hydrogen (secondary N) is 1. The first-order chi connectivity index (χ1) is 24.0. The quantitative estimate of drug-likeness (QED) is 0.0297. The Labute approximate surface area is 307 Å². The molecule has 1 amide bonds. The molecule has 2 N–H and O–H groups in total. The van der Waals surface area contributed by atoms with Gasteiger partial charge in [-0.3, -0.25) is 9.36 Å². The smallest absolute Gasteiger partial charge is 0.268 e. The van der Waals surface area contributed by atoms with Gasteiger partial charge in [-0.25, -0.2) is 0 Å². The van der Waals surface area contributed by atoms with Crippen molar-refractivity contribution in [1.29, 1.82) is 0 Å². The predicted molar refractivity (Wildman–Crippen MR) is 210 cm³/mol. The molecule has 0 fully saturated rings. The van der Waals surface area contributed by atoms with Crippen LogP contribution in [0.25, 0.3) is 0 Å². The first kappa shape index (κ1) is 48.2. The zero-order chi connectivity index (χ0) is 37.2. The third-order valence-corrected chi connectivity index (χ3v) is 9.23. The molecule has 0 aromatic heterocycles. The van der Waals surface area contributed by atoms with Gasteiger partial charge in [0.1, 0.15) is 13.2 Å². The number of phosphoric ester groups is 1. The first-order valence-electron chi connectivity index (χ1n) is 19.6. The number of hydrogen-bond acceptors (Lipinski definition) is 6. The summed E-state index contributed by atoms with van der Waals surface area (Å²) in [6, 6.07) is -0.830. The van der Waals surface area contributed by atoms with E-state index in [-0.39, 0.29) is 25.5 Å². The molecule has 3 unspecified atom stereocenters. The van der Waals surface area contributed by atoms with Gasteiger partial charge in [0.2, 0.25) is 5.91 Å². The monoisotopic (exact) mass is 723 g/mol. The van der Waals surface area contributed by atoms with Crippen molar-refractivity contribution in [3.8, 4) is 0 Å². The number of quaternary nitrogens is 1. The summed E-state index contributed by atoms with van der Waals surface area (Å²) < 4.78 is 23.1. The molecule has 0 spiro atoms. The van der Waals surface area contributed by atoms with Gasteiger partial charge < -0.3 is 28.8 Å². The number of nitrogens with zero attached hydrogens (tertiary/aromatic N) is 1. The van der Waals surface area contributed by atoms with Crippen molar-refractivity contribution in [2.75, 3.05) is 40.9 Å². The largest absolute Gasteiger partial charge is 0.756 e. The van der Waals surface area contributed by atoms with Crippen LogP contribution in [0.5, 0.6) is 0 Å². The molecule has 0 aromatic rings. The predicted octanol–water partition coefficient (Wildman–Crippen LogP) is 9.66. The Kier molecular flexibility index (Phi) is 31.9. The second-order valence-corrected chi connectivity index (χ2v) is 15.7. The number of allylic oxidation sites excluding steroid dienone is 10. The number of aliphatic hydroxyl groups excluding tert-OH is 1. The molecule has 0 aromatic carbocycles. The summed E-state index contributed by atoms with van der Waals surface area (Å²) in [7, 11) is 1.25. The Morgan fingerprint density at radius 1 is 0.720 bits per heavy atom. The van der Waals surface area contributed by atoms with E-state index >= 15 is 0 Å². The number of rotatable bonds is 34. The van der Waals surface area contributed by atoms with E-state index < -0.39 is 20.0 Å². The number of carbonyl (C=O) groups is 1. The van der Waals surface area contributed by atoms with Gasteiger partial charge in [-0.05, 0) is 51.4 Å². The second kappa shape index (κ2) is 33.1. The van der Waals surface area contributed by atoms with Gasteiger partial charge in [0.25, 0.3) is 7.82 Å². The maximum atomic E-state index is 12.8. The molecule has 50 heavy (non-hydrogen) atoms. The molecule has 0 aliphatic carbocycles. The second-order valence-electron chi connectivity index (χ2n) is 14.3. The molecule has 0 rings (SSSR count). The highest BCUT2D eigenvalue weighted by atomic mass is 31.2. The van der Waals surface area contributed by atoms with E-state index in [0.29, 0.717) is 23.9 Å². The zero-order valence-electron chi connectivity index (χ0n) is 32.6. The number of carbonyl (C=O) groups excluding carboxylic acids is 1. The lowest BCUT2D eigenvalue weighted by Gasteiger charge is -2.30. The normalized spacial score (nSPS) is 15.3. The minimum absolute atomic E-state index is 0.00159. The Morgan fingerprint density at radius 3 is 1.70 bits per heavy atom. The van der Waals surface area contributed by atoms with Gasteiger partial charge in [-0.15, -0.1) is 0 Å². The topological polar surface area (TPSA) is 108 Å². The molecule has 0 saturated heterocycles. The molecule has 0 aliphatic heterocycles. The number of unbranched alkanes of at least 4 members (excludes halogenated alkanes) is 11. The molecule has 290 valence electrons. The van der Waals surface area contributed by atoms with Crippen LogP contribution in [0.2, 0.25) is 0 Å². The molecule has 8 nitrogen and oxygen atoms in total. The Morgan fingerprint density at radius 2 is 1.20 bits per heavy atom. The van der Waals surface area contributed by atoms with Crippen molar-refractivity contribution in [3.63, 3.8) is 0 Å². The molecule has 0 radical (unpaired) electrons. The maximum absolute atomic E-state index is 12.8. The zero-order valence-corrected chi connectivity index (χ0v) is 33.5. The van der Waals surface area contributed by atoms with Gasteiger partial charge in [-0.1, -0.05) is 145 Å². The van der Waals surface area contributed by atoms with Crippen LogP contribution < -0.4 is 10.2 Å². The summed E-state index contributed by atoms with van der Waals surface area (Å²) in [5.41, 5.74) is 0. The highest BCUT2D eigenvalue weighted by Gasteiger charge is 2.24. The summed E-state index contributed by atoms with van der Waals surface area (Å²) >= 11 is 0. The van der Waals surface area contributed by atoms with Gasteiger partial charge in [0.15, 0.2) is 0 Å². The number of hydrogen-bond donors (Lipinski definition) is 2. The van der Waals surface area contributed by atoms with Crippen LogP contribution in [0.15, 0.2) is 60.8 Å². The van der Waals surface area contributed by atoms with Crippen molar-refractivity contribution in [1.82, 2.24) is 5.32 Å². The Hall–Kier alpha value is -1.80. The third-order valence-electron chi connectivity index (χ3n) is 8.27. The molecule has 0 heterocycles. The SMILES string of the molecule is CC/C=C\C/C=C\C/C=C\C/C=C\C/C=C\CCCC(=O)NC(COP(=O)([O-])OCC[N+](C)(C)C)C(O)CCCCCCCCCCCCC. The Bertz CT molecular complexity index is 1000. The summed E-state index contributed by atoms with van der Waals surface area (Å²) in [5.74, 6) is -0.226. The molecule has 0 bridgehead atoms. The lowest BCUT2D eigenvalue weighted by molar-refractivity contribution is -0.870. The van der Waals surface area contributed by atoms with E-state index in [9.17, 15) is 19.4 Å². The molecule has 0 aliphatic rings. The van der Waals surface area contributed by atoms with Gasteiger partial charge in [-0.2, -0.15) is 0 Å². The fraction of sp³-hybridized carbons (Fsp3) is 0.732. The maximum Gasteiger partial charge on any atom is 0.268 e.